The van der Waals surface area contributed by atoms with Gasteiger partial charge in [0.1, 0.15) is 23.8 Å². The van der Waals surface area contributed by atoms with Gasteiger partial charge in [0.25, 0.3) is 0 Å². The number of aromatic nitrogens is 2. The van der Waals surface area contributed by atoms with Crippen LogP contribution in [0, 0.1) is 11.8 Å². The summed E-state index contributed by atoms with van der Waals surface area (Å²) in [4.78, 5) is 28.3. The first-order valence-electron chi connectivity index (χ1n) is 11.1. The smallest absolute Gasteiger partial charge is 0.459 e. The highest BCUT2D eigenvalue weighted by molar-refractivity contribution is 9.10. The van der Waals surface area contributed by atoms with E-state index in [0.717, 1.165) is 4.47 Å². The average Bonchev–Trinajstić information content (AvgIpc) is 3.17. The van der Waals surface area contributed by atoms with Gasteiger partial charge in [-0.05, 0) is 42.7 Å². The van der Waals surface area contributed by atoms with Crippen LogP contribution in [0.2, 0.25) is 0 Å². The summed E-state index contributed by atoms with van der Waals surface area (Å²) >= 11 is 3.34. The molecule has 192 valence electrons. The lowest BCUT2D eigenvalue weighted by atomic mass is 10.1. The summed E-state index contributed by atoms with van der Waals surface area (Å²) in [5.41, 5.74) is 5.05. The van der Waals surface area contributed by atoms with Gasteiger partial charge in [0.15, 0.2) is 0 Å². The van der Waals surface area contributed by atoms with Crippen LogP contribution in [-0.4, -0.2) is 41.4 Å². The Morgan fingerprint density at radius 1 is 1.34 bits per heavy atom. The lowest BCUT2D eigenvalue weighted by Gasteiger charge is -2.27. The number of esters is 1. The van der Waals surface area contributed by atoms with Crippen LogP contribution in [-0.2, 0) is 23.4 Å². The van der Waals surface area contributed by atoms with Gasteiger partial charge in [-0.2, -0.15) is 10.1 Å². The zero-order chi connectivity index (χ0) is 25.8. The van der Waals surface area contributed by atoms with Crippen LogP contribution in [0.15, 0.2) is 45.8 Å². The summed E-state index contributed by atoms with van der Waals surface area (Å²) in [6.07, 6.45) is 0.993. The molecule has 3 N–H and O–H groups in total. The fourth-order valence-corrected chi connectivity index (χ4v) is 5.61. The number of benzene rings is 1. The molecule has 0 radical (unpaired) electrons. The third-order valence-corrected chi connectivity index (χ3v) is 7.53. The molecule has 3 rings (SSSR count). The number of carbonyl (C=O) groups is 1. The van der Waals surface area contributed by atoms with Crippen molar-refractivity contribution in [2.75, 3.05) is 19.5 Å². The van der Waals surface area contributed by atoms with Crippen molar-refractivity contribution in [2.24, 2.45) is 11.8 Å². The number of halogens is 1. The normalized spacial score (nSPS) is 22.5. The lowest BCUT2D eigenvalue weighted by molar-refractivity contribution is -0.143. The number of hydrogen-bond acceptors (Lipinski definition) is 9. The van der Waals surface area contributed by atoms with Gasteiger partial charge < -0.3 is 19.7 Å². The number of ether oxygens (including phenoxy) is 2. The van der Waals surface area contributed by atoms with Gasteiger partial charge in [0.05, 0.1) is 19.8 Å². The fourth-order valence-electron chi connectivity index (χ4n) is 3.66. The Balaban J connectivity index is 1.76. The zero-order valence-corrected chi connectivity index (χ0v) is 22.4. The molecule has 5 atom stereocenters. The molecule has 1 aromatic carbocycles. The highest BCUT2D eigenvalue weighted by Gasteiger charge is 2.39. The van der Waals surface area contributed by atoms with Crippen molar-refractivity contribution in [1.82, 2.24) is 14.6 Å². The number of hydrogen-bond donors (Lipinski definition) is 2. The fraction of sp³-hybridized carbons (Fsp3) is 0.500. The molecule has 0 spiro atoms. The molecule has 1 aromatic heterocycles. The maximum atomic E-state index is 13.8. The molecule has 1 fully saturated rings. The second-order valence-corrected chi connectivity index (χ2v) is 11.2. The zero-order valence-electron chi connectivity index (χ0n) is 19.9. The minimum Gasteiger partial charge on any atom is -0.468 e. The summed E-state index contributed by atoms with van der Waals surface area (Å²) in [6, 6.07) is 7.28. The number of methoxy groups -OCH3 is 1. The van der Waals surface area contributed by atoms with Gasteiger partial charge in [-0.1, -0.05) is 36.7 Å². The summed E-state index contributed by atoms with van der Waals surface area (Å²) in [7, 11) is -2.80. The minimum atomic E-state index is -4.06. The third-order valence-electron chi connectivity index (χ3n) is 5.47. The molecule has 0 aliphatic carbocycles. The van der Waals surface area contributed by atoms with Crippen LogP contribution in [0.4, 0.5) is 5.82 Å². The summed E-state index contributed by atoms with van der Waals surface area (Å²) in [6.45, 7) is 5.38. The van der Waals surface area contributed by atoms with E-state index in [1.807, 2.05) is 6.92 Å². The highest BCUT2D eigenvalue weighted by atomic mass is 79.9. The average molecular weight is 573 g/mol. The molecule has 2 heterocycles. The van der Waals surface area contributed by atoms with Gasteiger partial charge in [0, 0.05) is 16.6 Å². The monoisotopic (exact) mass is 572 g/mol. The molecule has 0 amide bonds. The van der Waals surface area contributed by atoms with E-state index >= 15 is 0 Å². The van der Waals surface area contributed by atoms with Crippen molar-refractivity contribution in [1.29, 1.82) is 0 Å². The lowest BCUT2D eigenvalue weighted by Crippen LogP contribution is -2.41. The SMILES string of the molecule is COC(=O)[C@@H](NP(=O)(OC[C@@H]1C[C@H](C)[C@H](n2ccc(N)nc2=O)O1)Oc1ccc(Br)cc1)C(C)C. The van der Waals surface area contributed by atoms with E-state index in [1.54, 1.807) is 38.1 Å². The Bertz CT molecular complexity index is 1130. The topological polar surface area (TPSA) is 144 Å². The molecular formula is C22H30BrN4O7P. The first-order chi connectivity index (χ1) is 16.5. The van der Waals surface area contributed by atoms with E-state index < -0.39 is 37.8 Å². The summed E-state index contributed by atoms with van der Waals surface area (Å²) in [5.74, 6) is -0.493. The predicted molar refractivity (Wildman–Crippen MR) is 133 cm³/mol. The molecular weight excluding hydrogens is 543 g/mol. The third kappa shape index (κ3) is 7.14. The van der Waals surface area contributed by atoms with Crippen molar-refractivity contribution < 1.29 is 27.9 Å². The van der Waals surface area contributed by atoms with Gasteiger partial charge in [-0.15, -0.1) is 0 Å². The van der Waals surface area contributed by atoms with Crippen LogP contribution >= 0.6 is 23.7 Å². The molecule has 1 aliphatic heterocycles. The number of rotatable bonds is 10. The molecule has 13 heteroatoms. The van der Waals surface area contributed by atoms with Crippen molar-refractivity contribution in [3.05, 3.63) is 51.5 Å². The Morgan fingerprint density at radius 3 is 2.63 bits per heavy atom. The van der Waals surface area contributed by atoms with Crippen LogP contribution in [0.5, 0.6) is 5.75 Å². The highest BCUT2D eigenvalue weighted by Crippen LogP contribution is 2.47. The summed E-state index contributed by atoms with van der Waals surface area (Å²) in [5, 5.41) is 2.73. The van der Waals surface area contributed by atoms with Crippen LogP contribution in [0.25, 0.3) is 0 Å². The number of anilines is 1. The van der Waals surface area contributed by atoms with Crippen LogP contribution in [0.1, 0.15) is 33.4 Å². The van der Waals surface area contributed by atoms with Crippen molar-refractivity contribution in [2.45, 2.75) is 45.6 Å². The second kappa shape index (κ2) is 11.7. The maximum absolute atomic E-state index is 13.8. The van der Waals surface area contributed by atoms with Crippen LogP contribution in [0.3, 0.4) is 0 Å². The van der Waals surface area contributed by atoms with Crippen molar-refractivity contribution in [3.63, 3.8) is 0 Å². The number of carbonyl (C=O) groups excluding carboxylic acids is 1. The quantitative estimate of drug-likeness (QED) is 0.320. The van der Waals surface area contributed by atoms with Gasteiger partial charge in [0.2, 0.25) is 0 Å². The maximum Gasteiger partial charge on any atom is 0.459 e. The van der Waals surface area contributed by atoms with E-state index in [1.165, 1.54) is 23.9 Å². The van der Waals surface area contributed by atoms with Gasteiger partial charge >= 0.3 is 19.4 Å². The molecule has 11 nitrogen and oxygen atoms in total. The minimum absolute atomic E-state index is 0.0510. The van der Waals surface area contributed by atoms with Gasteiger partial charge in [-0.3, -0.25) is 13.9 Å². The molecule has 0 bridgehead atoms. The first kappa shape index (κ1) is 27.3. The number of nitrogens with two attached hydrogens (primary N) is 1. The molecule has 2 aromatic rings. The number of nitrogens with zero attached hydrogens (tertiary/aromatic N) is 2. The Hall–Kier alpha value is -2.24. The Morgan fingerprint density at radius 2 is 2.03 bits per heavy atom. The van der Waals surface area contributed by atoms with E-state index in [-0.39, 0.29) is 30.0 Å². The predicted octanol–water partition coefficient (Wildman–Crippen LogP) is 3.50. The van der Waals surface area contributed by atoms with E-state index in [4.69, 9.17) is 24.3 Å². The van der Waals surface area contributed by atoms with E-state index in [0.29, 0.717) is 6.42 Å². The van der Waals surface area contributed by atoms with Crippen molar-refractivity contribution >= 4 is 35.5 Å². The van der Waals surface area contributed by atoms with Crippen molar-refractivity contribution in [3.8, 4) is 5.75 Å². The standard InChI is InChI=1S/C22H30BrN4O7P/c1-13(2)19(21(28)31-4)26-35(30,34-16-7-5-15(23)6-8-16)32-12-17-11-14(3)20(33-17)27-10-9-18(24)25-22(27)29/h5-10,13-14,17,19-20H,11-12H2,1-4H3,(H,26,30)(H2,24,25,29)/t14-,17-,19-,20+,35?/m0/s1. The molecule has 35 heavy (non-hydrogen) atoms. The number of nitrogens with one attached hydrogen (secondary N) is 1. The molecule has 0 saturated carbocycles. The van der Waals surface area contributed by atoms with Gasteiger partial charge in [-0.25, -0.2) is 9.36 Å². The number of nitrogen functional groups attached to an aromatic ring is 1. The molecule has 1 saturated heterocycles. The first-order valence-corrected chi connectivity index (χ1v) is 13.4. The second-order valence-electron chi connectivity index (χ2n) is 8.62. The Kier molecular flexibility index (Phi) is 9.11. The molecule has 1 unspecified atom stereocenters. The largest absolute Gasteiger partial charge is 0.468 e. The van der Waals surface area contributed by atoms with Crippen LogP contribution < -0.4 is 21.0 Å². The molecule has 1 aliphatic rings. The van der Waals surface area contributed by atoms with E-state index in [9.17, 15) is 14.2 Å². The van der Waals surface area contributed by atoms with E-state index in [2.05, 4.69) is 26.0 Å². The summed E-state index contributed by atoms with van der Waals surface area (Å²) < 4.78 is 38.3. The Labute approximate surface area is 212 Å².